The number of hydrogen-bond acceptors (Lipinski definition) is 6. The molecule has 28 heavy (non-hydrogen) atoms. The number of ether oxygens (including phenoxy) is 2. The molecule has 1 aromatic heterocycles. The van der Waals surface area contributed by atoms with Crippen molar-refractivity contribution in [3.63, 3.8) is 0 Å². The van der Waals surface area contributed by atoms with Gasteiger partial charge >= 0.3 is 18.2 Å². The maximum absolute atomic E-state index is 12.6. The maximum Gasteiger partial charge on any atom is 0.387 e. The number of halogens is 2. The monoisotopic (exact) mass is 390 g/mol. The third-order valence-corrected chi connectivity index (χ3v) is 4.25. The molecule has 6 nitrogen and oxygen atoms in total. The van der Waals surface area contributed by atoms with Crippen molar-refractivity contribution >= 4 is 16.9 Å². The van der Waals surface area contributed by atoms with Crippen LogP contribution in [0.15, 0.2) is 57.7 Å². The molecule has 1 unspecified atom stereocenters. The fraction of sp³-hybridized carbons (Fsp3) is 0.200. The molecule has 146 valence electrons. The van der Waals surface area contributed by atoms with Gasteiger partial charge in [0.05, 0.1) is 24.5 Å². The summed E-state index contributed by atoms with van der Waals surface area (Å²) in [5.41, 5.74) is -0.523. The normalized spacial score (nSPS) is 12.1. The maximum atomic E-state index is 12.6. The van der Waals surface area contributed by atoms with Gasteiger partial charge in [-0.25, -0.2) is 4.79 Å². The number of carbonyl (C=O) groups excluding carboxylic acids is 1. The number of para-hydroxylation sites is 1. The molecule has 0 fully saturated rings. The number of esters is 1. The largest absolute Gasteiger partial charge is 0.507 e. The molecular formula is C20H16F2O6. The number of methoxy groups -OCH3 is 1. The van der Waals surface area contributed by atoms with E-state index in [1.165, 1.54) is 37.4 Å². The Bertz CT molecular complexity index is 1060. The van der Waals surface area contributed by atoms with Crippen LogP contribution in [0.4, 0.5) is 8.78 Å². The Kier molecular flexibility index (Phi) is 5.58. The highest BCUT2D eigenvalue weighted by Gasteiger charge is 2.27. The number of fused-ring (bicyclic) bond motifs is 1. The lowest BCUT2D eigenvalue weighted by Crippen LogP contribution is -2.18. The van der Waals surface area contributed by atoms with Crippen molar-refractivity contribution in [2.75, 3.05) is 7.11 Å². The lowest BCUT2D eigenvalue weighted by atomic mass is 9.88. The molecule has 0 bridgehead atoms. The van der Waals surface area contributed by atoms with Crippen LogP contribution in [-0.4, -0.2) is 24.8 Å². The number of hydrogen-bond donors (Lipinski definition) is 1. The van der Waals surface area contributed by atoms with Crippen molar-refractivity contribution in [2.24, 2.45) is 0 Å². The lowest BCUT2D eigenvalue weighted by Gasteiger charge is -2.18. The number of alkyl halides is 2. The van der Waals surface area contributed by atoms with E-state index in [0.29, 0.717) is 5.56 Å². The van der Waals surface area contributed by atoms with Crippen LogP contribution < -0.4 is 10.4 Å². The Labute approximate surface area is 157 Å². The van der Waals surface area contributed by atoms with Crippen molar-refractivity contribution < 1.29 is 32.6 Å². The summed E-state index contributed by atoms with van der Waals surface area (Å²) < 4.78 is 39.4. The van der Waals surface area contributed by atoms with Gasteiger partial charge in [-0.2, -0.15) is 8.78 Å². The van der Waals surface area contributed by atoms with Crippen molar-refractivity contribution in [1.82, 2.24) is 0 Å². The van der Waals surface area contributed by atoms with Crippen LogP contribution in [0.1, 0.15) is 23.5 Å². The molecule has 0 aliphatic rings. The predicted octanol–water partition coefficient (Wildman–Crippen LogP) is 3.80. The summed E-state index contributed by atoms with van der Waals surface area (Å²) in [7, 11) is 1.18. The molecule has 0 saturated heterocycles. The van der Waals surface area contributed by atoms with E-state index < -0.39 is 24.1 Å². The highest BCUT2D eigenvalue weighted by molar-refractivity contribution is 5.84. The second-order valence-corrected chi connectivity index (χ2v) is 5.93. The Morgan fingerprint density at radius 3 is 2.64 bits per heavy atom. The highest BCUT2D eigenvalue weighted by Crippen LogP contribution is 2.37. The van der Waals surface area contributed by atoms with Crippen LogP contribution >= 0.6 is 0 Å². The van der Waals surface area contributed by atoms with Gasteiger partial charge in [-0.05, 0) is 29.8 Å². The third kappa shape index (κ3) is 3.95. The first kappa shape index (κ1) is 19.3. The Balaban J connectivity index is 2.18. The highest BCUT2D eigenvalue weighted by atomic mass is 19.3. The van der Waals surface area contributed by atoms with E-state index in [0.717, 1.165) is 0 Å². The van der Waals surface area contributed by atoms with E-state index in [9.17, 15) is 23.5 Å². The van der Waals surface area contributed by atoms with Gasteiger partial charge in [0.15, 0.2) is 0 Å². The van der Waals surface area contributed by atoms with Crippen molar-refractivity contribution in [1.29, 1.82) is 0 Å². The zero-order valence-corrected chi connectivity index (χ0v) is 14.7. The molecule has 0 spiro atoms. The van der Waals surface area contributed by atoms with Gasteiger partial charge in [0, 0.05) is 5.92 Å². The second kappa shape index (κ2) is 8.08. The minimum absolute atomic E-state index is 0.146. The summed E-state index contributed by atoms with van der Waals surface area (Å²) in [5, 5.41) is 11.0. The predicted molar refractivity (Wildman–Crippen MR) is 95.7 cm³/mol. The van der Waals surface area contributed by atoms with E-state index >= 15 is 0 Å². The zero-order valence-electron chi connectivity index (χ0n) is 14.7. The van der Waals surface area contributed by atoms with Crippen LogP contribution in [0.25, 0.3) is 11.0 Å². The molecule has 0 amide bonds. The van der Waals surface area contributed by atoms with Gasteiger partial charge in [0.1, 0.15) is 17.1 Å². The number of rotatable bonds is 6. The van der Waals surface area contributed by atoms with Crippen LogP contribution in [0.3, 0.4) is 0 Å². The molecule has 0 saturated carbocycles. The van der Waals surface area contributed by atoms with Crippen molar-refractivity contribution in [2.45, 2.75) is 19.0 Å². The average Bonchev–Trinajstić information content (AvgIpc) is 2.66. The molecule has 1 atom stereocenters. The quantitative estimate of drug-likeness (QED) is 0.509. The fourth-order valence-corrected chi connectivity index (χ4v) is 3.00. The molecule has 3 rings (SSSR count). The second-order valence-electron chi connectivity index (χ2n) is 5.93. The van der Waals surface area contributed by atoms with Gasteiger partial charge in [0.25, 0.3) is 0 Å². The molecular weight excluding hydrogens is 374 g/mol. The zero-order chi connectivity index (χ0) is 20.3. The molecule has 1 heterocycles. The summed E-state index contributed by atoms with van der Waals surface area (Å²) in [6, 6.07) is 11.9. The van der Waals surface area contributed by atoms with Crippen LogP contribution in [0.2, 0.25) is 0 Å². The van der Waals surface area contributed by atoms with E-state index in [4.69, 9.17) is 4.42 Å². The van der Waals surface area contributed by atoms with Gasteiger partial charge < -0.3 is 19.0 Å². The minimum atomic E-state index is -3.03. The van der Waals surface area contributed by atoms with Crippen molar-refractivity contribution in [3.05, 3.63) is 70.1 Å². The summed E-state index contributed by atoms with van der Waals surface area (Å²) in [6.07, 6.45) is -0.314. The summed E-state index contributed by atoms with van der Waals surface area (Å²) in [4.78, 5) is 24.5. The summed E-state index contributed by atoms with van der Waals surface area (Å²) in [5.74, 6) is -2.14. The molecule has 1 N–H and O–H groups in total. The molecule has 3 aromatic rings. The van der Waals surface area contributed by atoms with Gasteiger partial charge in [-0.15, -0.1) is 0 Å². The minimum Gasteiger partial charge on any atom is -0.507 e. The molecule has 2 aromatic carbocycles. The third-order valence-electron chi connectivity index (χ3n) is 4.25. The molecule has 0 radical (unpaired) electrons. The fourth-order valence-electron chi connectivity index (χ4n) is 3.00. The first-order chi connectivity index (χ1) is 13.4. The van der Waals surface area contributed by atoms with Gasteiger partial charge in [-0.1, -0.05) is 24.3 Å². The first-order valence-corrected chi connectivity index (χ1v) is 8.27. The van der Waals surface area contributed by atoms with E-state index in [2.05, 4.69) is 9.47 Å². The molecule has 0 aliphatic carbocycles. The lowest BCUT2D eigenvalue weighted by molar-refractivity contribution is -0.140. The topological polar surface area (TPSA) is 86.0 Å². The summed E-state index contributed by atoms with van der Waals surface area (Å²) in [6.45, 7) is -3.03. The van der Waals surface area contributed by atoms with E-state index in [1.807, 2.05) is 0 Å². The molecule has 0 aliphatic heterocycles. The summed E-state index contributed by atoms with van der Waals surface area (Å²) >= 11 is 0. The smallest absolute Gasteiger partial charge is 0.387 e. The van der Waals surface area contributed by atoms with Gasteiger partial charge in [-0.3, -0.25) is 4.79 Å². The first-order valence-electron chi connectivity index (χ1n) is 8.27. The van der Waals surface area contributed by atoms with Crippen LogP contribution in [0, 0.1) is 0 Å². The Morgan fingerprint density at radius 2 is 1.93 bits per heavy atom. The van der Waals surface area contributed by atoms with E-state index in [1.54, 1.807) is 18.2 Å². The standard InChI is InChI=1S/C20H16F2O6/c1-26-16(23)10-14(11-5-4-6-12(9-11)27-20(21)22)17-18(24)13-7-2-3-8-15(13)28-19(17)25/h2-9,14,20,24H,10H2,1H3. The molecule has 8 heteroatoms. The van der Waals surface area contributed by atoms with Crippen LogP contribution in [0.5, 0.6) is 11.5 Å². The van der Waals surface area contributed by atoms with E-state index in [-0.39, 0.29) is 34.5 Å². The number of benzene rings is 2. The van der Waals surface area contributed by atoms with Crippen LogP contribution in [-0.2, 0) is 9.53 Å². The van der Waals surface area contributed by atoms with Crippen molar-refractivity contribution in [3.8, 4) is 11.5 Å². The SMILES string of the molecule is COC(=O)CC(c1cccc(OC(F)F)c1)c1c(O)c2ccccc2oc1=O. The number of carbonyl (C=O) groups is 1. The Hall–Kier alpha value is -3.42. The van der Waals surface area contributed by atoms with Gasteiger partial charge in [0.2, 0.25) is 0 Å². The number of aromatic hydroxyl groups is 1. The average molecular weight is 390 g/mol. The Morgan fingerprint density at radius 1 is 1.18 bits per heavy atom.